The van der Waals surface area contributed by atoms with Crippen molar-refractivity contribution in [2.45, 2.75) is 232 Å². The zero-order valence-electron chi connectivity index (χ0n) is 50.2. The van der Waals surface area contributed by atoms with Gasteiger partial charge in [0.25, 0.3) is 0 Å². The van der Waals surface area contributed by atoms with Crippen LogP contribution >= 0.6 is 0 Å². The molecule has 10 saturated carbocycles. The first-order valence-electron chi connectivity index (χ1n) is 32.8. The number of benzene rings is 3. The molecule has 11 unspecified atom stereocenters. The molecule has 0 aliphatic heterocycles. The summed E-state index contributed by atoms with van der Waals surface area (Å²) in [6.45, 7) is 18.1. The van der Waals surface area contributed by atoms with Crippen LogP contribution in [-0.4, -0.2) is 39.0 Å². The van der Waals surface area contributed by atoms with Gasteiger partial charge in [0.1, 0.15) is 17.3 Å². The van der Waals surface area contributed by atoms with Crippen molar-refractivity contribution in [1.82, 2.24) is 0 Å². The van der Waals surface area contributed by atoms with E-state index >= 15 is 0 Å². The van der Waals surface area contributed by atoms with Gasteiger partial charge in [0, 0.05) is 37.0 Å². The van der Waals surface area contributed by atoms with Crippen LogP contribution in [0.15, 0.2) is 91.0 Å². The highest BCUT2D eigenvalue weighted by atomic mass is 16.5. The highest BCUT2D eigenvalue weighted by Crippen LogP contribution is 2.69. The first-order chi connectivity index (χ1) is 38.2. The van der Waals surface area contributed by atoms with Gasteiger partial charge < -0.3 is 14.9 Å². The second kappa shape index (κ2) is 21.3. The van der Waals surface area contributed by atoms with Crippen LogP contribution in [0.3, 0.4) is 0 Å². The predicted octanol–water partition coefficient (Wildman–Crippen LogP) is 16.6. The number of allylic oxidation sites excluding steroid dienone is 1. The normalized spacial score (nSPS) is 43.8. The molecule has 14 rings (SSSR count). The molecule has 0 spiro atoms. The third-order valence-corrected chi connectivity index (χ3v) is 27.1. The van der Waals surface area contributed by atoms with Crippen LogP contribution in [0.1, 0.15) is 224 Å². The standard InChI is InChI=1S/C28H40O.C26H36O2.C20H24O3/c1-20-9-12-24-23-11-10-22-19-28(29,16-13-21-7-5-4-6-8-21)18-17-27(22,3)25(23)14-15-26(20,24)2;1-24-14-15-26(28,16-18-6-4-3-5-7-18)17-19(24)8-9-20-21-10-11-23(27)25(21,2)13-12-22(20)24;1-12(21)23-14-4-6-15-13(11-14)3-5-17-16(15)9-10-20(2)18(17)7-8-19(20)22/h4-8,22-25,29H,1,9-19H2,2-3H3;3-7,19-22,28H,8-17H2,1-2H3;4,6,11,16-18H,3,5,7-10H2,1-2H3/t22?,23?,24?,25?,26-,27+,28-;19?,20?,21?,22?,24-,25-,26-;16?,17?,18?,20-/m100/s1. The number of ether oxygens (including phenoxy) is 1. The Morgan fingerprint density at radius 2 is 1.06 bits per heavy atom. The second-order valence-electron chi connectivity index (χ2n) is 30.6. The van der Waals surface area contributed by atoms with Gasteiger partial charge in [-0.2, -0.15) is 0 Å². The molecule has 3 aromatic carbocycles. The van der Waals surface area contributed by atoms with Gasteiger partial charge in [-0.15, -0.1) is 0 Å². The first-order valence-corrected chi connectivity index (χ1v) is 32.8. The lowest BCUT2D eigenvalue weighted by Gasteiger charge is -2.61. The molecule has 432 valence electrons. The molecule has 11 aliphatic rings. The quantitative estimate of drug-likeness (QED) is 0.145. The Morgan fingerprint density at radius 3 is 1.68 bits per heavy atom. The zero-order valence-corrected chi connectivity index (χ0v) is 50.2. The molecule has 0 aromatic heterocycles. The van der Waals surface area contributed by atoms with Crippen LogP contribution in [-0.2, 0) is 33.6 Å². The van der Waals surface area contributed by atoms with Gasteiger partial charge in [-0.3, -0.25) is 14.4 Å². The van der Waals surface area contributed by atoms with Crippen LogP contribution in [0.5, 0.6) is 5.75 Å². The molecule has 6 nitrogen and oxygen atoms in total. The number of Topliss-reactive ketones (excluding diaryl/α,β-unsaturated/α-hetero) is 2. The lowest BCUT2D eigenvalue weighted by molar-refractivity contribution is -0.153. The first kappa shape index (κ1) is 56.6. The largest absolute Gasteiger partial charge is 0.427 e. The summed E-state index contributed by atoms with van der Waals surface area (Å²) in [5.41, 5.74) is 7.11. The highest BCUT2D eigenvalue weighted by molar-refractivity contribution is 5.87. The molecule has 2 N–H and O–H groups in total. The highest BCUT2D eigenvalue weighted by Gasteiger charge is 2.63. The lowest BCUT2D eigenvalue weighted by atomic mass is 9.44. The van der Waals surface area contributed by atoms with E-state index < -0.39 is 11.2 Å². The van der Waals surface area contributed by atoms with E-state index in [4.69, 9.17) is 4.74 Å². The van der Waals surface area contributed by atoms with Crippen molar-refractivity contribution in [3.63, 3.8) is 0 Å². The summed E-state index contributed by atoms with van der Waals surface area (Å²) < 4.78 is 5.23. The van der Waals surface area contributed by atoms with Crippen LogP contribution in [0.4, 0.5) is 0 Å². The van der Waals surface area contributed by atoms with E-state index in [9.17, 15) is 24.6 Å². The van der Waals surface area contributed by atoms with E-state index in [2.05, 4.69) is 108 Å². The third-order valence-electron chi connectivity index (χ3n) is 27.1. The van der Waals surface area contributed by atoms with E-state index in [1.54, 1.807) is 5.57 Å². The van der Waals surface area contributed by atoms with Crippen LogP contribution in [0.2, 0.25) is 0 Å². The van der Waals surface area contributed by atoms with Gasteiger partial charge in [0.15, 0.2) is 0 Å². The van der Waals surface area contributed by atoms with Crippen molar-refractivity contribution in [3.8, 4) is 5.75 Å². The smallest absolute Gasteiger partial charge is 0.308 e. The van der Waals surface area contributed by atoms with Crippen molar-refractivity contribution in [3.05, 3.63) is 113 Å². The van der Waals surface area contributed by atoms with Crippen molar-refractivity contribution in [2.75, 3.05) is 0 Å². The van der Waals surface area contributed by atoms with Gasteiger partial charge >= 0.3 is 5.97 Å². The molecular formula is C74H100O6. The molecule has 0 amide bonds. The molecule has 80 heavy (non-hydrogen) atoms. The minimum Gasteiger partial charge on any atom is -0.427 e. The molecule has 3 aromatic rings. The summed E-state index contributed by atoms with van der Waals surface area (Å²) in [5, 5.41) is 23.0. The summed E-state index contributed by atoms with van der Waals surface area (Å²) >= 11 is 0. The van der Waals surface area contributed by atoms with Crippen molar-refractivity contribution < 1.29 is 29.3 Å². The van der Waals surface area contributed by atoms with Gasteiger partial charge in [-0.05, 0) is 270 Å². The van der Waals surface area contributed by atoms with Crippen molar-refractivity contribution >= 4 is 17.5 Å². The molecule has 0 bridgehead atoms. The third kappa shape index (κ3) is 9.90. The average Bonchev–Trinajstić information content (AvgIpc) is 4.23. The number of hydrogen-bond donors (Lipinski definition) is 2. The fourth-order valence-electron chi connectivity index (χ4n) is 22.3. The van der Waals surface area contributed by atoms with Gasteiger partial charge in [-0.1, -0.05) is 114 Å². The number of hydrogen-bond acceptors (Lipinski definition) is 6. The maximum absolute atomic E-state index is 12.6. The summed E-state index contributed by atoms with van der Waals surface area (Å²) in [4.78, 5) is 36.1. The Balaban J connectivity index is 0.000000120. The van der Waals surface area contributed by atoms with Gasteiger partial charge in [0.2, 0.25) is 0 Å². The van der Waals surface area contributed by atoms with Crippen LogP contribution < -0.4 is 4.74 Å². The van der Waals surface area contributed by atoms with Crippen molar-refractivity contribution in [1.29, 1.82) is 0 Å². The second-order valence-corrected chi connectivity index (χ2v) is 30.6. The SMILES string of the molecule is C=C1CCC2C3CCC4C[C@@](O)(CCc5ccccc5)CC[C@]4(C)C3CC[C@]12C.CC(=O)Oc1ccc2c(c1)CCC1C2CC[C@]2(C)C(=O)CCC12.C[C@]12CC[C@](O)(Cc3ccccc3)CC1CCC1C2CC[C@]2(C)C(=O)CCC12. The fraction of sp³-hybridized carbons (Fsp3) is 0.689. The summed E-state index contributed by atoms with van der Waals surface area (Å²) in [5.74, 6) is 9.37. The Kier molecular flexibility index (Phi) is 15.1. The van der Waals surface area contributed by atoms with E-state index in [1.165, 1.54) is 93.4 Å². The molecule has 11 aliphatic carbocycles. The Hall–Kier alpha value is -3.87. The summed E-state index contributed by atoms with van der Waals surface area (Å²) in [6.07, 6.45) is 30.2. The number of ketones is 2. The topological polar surface area (TPSA) is 101 Å². The van der Waals surface area contributed by atoms with E-state index in [0.717, 1.165) is 139 Å². The Labute approximate surface area is 481 Å². The number of aliphatic hydroxyl groups is 2. The molecule has 6 heteroatoms. The maximum atomic E-state index is 12.6. The summed E-state index contributed by atoms with van der Waals surface area (Å²) in [7, 11) is 0. The van der Waals surface area contributed by atoms with E-state index in [0.29, 0.717) is 69.1 Å². The number of carbonyl (C=O) groups excluding carboxylic acids is 3. The Morgan fingerprint density at radius 1 is 0.537 bits per heavy atom. The monoisotopic (exact) mass is 1080 g/mol. The van der Waals surface area contributed by atoms with Crippen LogP contribution in [0, 0.1) is 86.3 Å². The van der Waals surface area contributed by atoms with Gasteiger partial charge in [-0.25, -0.2) is 0 Å². The van der Waals surface area contributed by atoms with Gasteiger partial charge in [0.05, 0.1) is 11.2 Å². The molecule has 18 atom stereocenters. The zero-order chi connectivity index (χ0) is 56.0. The fourth-order valence-corrected chi connectivity index (χ4v) is 22.3. The molecule has 10 fully saturated rings. The van der Waals surface area contributed by atoms with E-state index in [1.807, 2.05) is 12.1 Å². The molecule has 0 saturated heterocycles. The van der Waals surface area contributed by atoms with Crippen LogP contribution in [0.25, 0.3) is 0 Å². The molecular weight excluding hydrogens is 985 g/mol. The lowest BCUT2D eigenvalue weighted by Crippen LogP contribution is -2.56. The maximum Gasteiger partial charge on any atom is 0.308 e. The number of carbonyl (C=O) groups is 3. The van der Waals surface area contributed by atoms with Crippen molar-refractivity contribution in [2.24, 2.45) is 86.3 Å². The number of esters is 1. The predicted molar refractivity (Wildman–Crippen MR) is 320 cm³/mol. The van der Waals surface area contributed by atoms with E-state index in [-0.39, 0.29) is 16.8 Å². The Bertz CT molecular complexity index is 2800. The number of rotatable bonds is 6. The summed E-state index contributed by atoms with van der Waals surface area (Å²) in [6, 6.07) is 27.4. The number of aryl methyl sites for hydroxylation is 2. The average molecular weight is 1090 g/mol. The molecule has 0 heterocycles. The molecule has 0 radical (unpaired) electrons. The minimum absolute atomic E-state index is 0.0208. The minimum atomic E-state index is -0.537. The number of fused-ring (bicyclic) bond motifs is 15.